The molecule has 1 heterocycles. The molecule has 1 aromatic carbocycles. The number of nitrogens with one attached hydrogen (secondary N) is 1. The SMILES string of the molecule is CC1CCC(N(C)CCC2CNc3ccccc32)CC1. The lowest BCUT2D eigenvalue weighted by molar-refractivity contribution is 0.166. The summed E-state index contributed by atoms with van der Waals surface area (Å²) in [4.78, 5) is 2.62. The average Bonchev–Trinajstić information content (AvgIpc) is 2.89. The molecule has 1 unspecified atom stereocenters. The van der Waals surface area contributed by atoms with Crippen LogP contribution in [-0.4, -0.2) is 31.1 Å². The first kappa shape index (κ1) is 13.9. The summed E-state index contributed by atoms with van der Waals surface area (Å²) in [6.07, 6.45) is 6.92. The fourth-order valence-corrected chi connectivity index (χ4v) is 3.84. The Morgan fingerprint density at radius 3 is 2.70 bits per heavy atom. The first-order valence-corrected chi connectivity index (χ1v) is 8.27. The summed E-state index contributed by atoms with van der Waals surface area (Å²) in [6, 6.07) is 9.63. The van der Waals surface area contributed by atoms with Crippen LogP contribution < -0.4 is 5.32 Å². The molecule has 0 amide bonds. The van der Waals surface area contributed by atoms with Crippen molar-refractivity contribution in [3.05, 3.63) is 29.8 Å². The molecule has 0 saturated heterocycles. The summed E-state index contributed by atoms with van der Waals surface area (Å²) >= 11 is 0. The Bertz CT molecular complexity index is 435. The van der Waals surface area contributed by atoms with Crippen molar-refractivity contribution in [2.24, 2.45) is 5.92 Å². The lowest BCUT2D eigenvalue weighted by atomic mass is 9.86. The van der Waals surface area contributed by atoms with Crippen molar-refractivity contribution in [3.8, 4) is 0 Å². The molecular formula is C18H28N2. The minimum Gasteiger partial charge on any atom is -0.384 e. The van der Waals surface area contributed by atoms with Gasteiger partial charge in [0.15, 0.2) is 0 Å². The van der Waals surface area contributed by atoms with Crippen molar-refractivity contribution in [2.45, 2.75) is 51.0 Å². The Hall–Kier alpha value is -1.02. The van der Waals surface area contributed by atoms with E-state index in [1.165, 1.54) is 49.9 Å². The van der Waals surface area contributed by atoms with E-state index in [1.807, 2.05) is 0 Å². The number of benzene rings is 1. The van der Waals surface area contributed by atoms with Crippen molar-refractivity contribution in [1.82, 2.24) is 4.90 Å². The van der Waals surface area contributed by atoms with Crippen molar-refractivity contribution < 1.29 is 0 Å². The van der Waals surface area contributed by atoms with E-state index in [0.29, 0.717) is 5.92 Å². The number of nitrogens with zero attached hydrogens (tertiary/aromatic N) is 1. The molecule has 2 heteroatoms. The molecule has 0 aromatic heterocycles. The minimum atomic E-state index is 0.705. The monoisotopic (exact) mass is 272 g/mol. The number of rotatable bonds is 4. The summed E-state index contributed by atoms with van der Waals surface area (Å²) in [6.45, 7) is 4.76. The van der Waals surface area contributed by atoms with Crippen LogP contribution in [-0.2, 0) is 0 Å². The van der Waals surface area contributed by atoms with Crippen LogP contribution >= 0.6 is 0 Å². The molecule has 1 aliphatic heterocycles. The van der Waals surface area contributed by atoms with Crippen molar-refractivity contribution in [3.63, 3.8) is 0 Å². The maximum atomic E-state index is 3.54. The molecule has 2 nitrogen and oxygen atoms in total. The Morgan fingerprint density at radius 2 is 1.90 bits per heavy atom. The number of fused-ring (bicyclic) bond motifs is 1. The zero-order chi connectivity index (χ0) is 13.9. The van der Waals surface area contributed by atoms with E-state index >= 15 is 0 Å². The predicted molar refractivity (Wildman–Crippen MR) is 86.3 cm³/mol. The van der Waals surface area contributed by atoms with Gasteiger partial charge in [-0.15, -0.1) is 0 Å². The first-order chi connectivity index (χ1) is 9.74. The molecule has 1 aliphatic carbocycles. The number of hydrogen-bond acceptors (Lipinski definition) is 2. The van der Waals surface area contributed by atoms with Crippen LogP contribution in [0.2, 0.25) is 0 Å². The van der Waals surface area contributed by atoms with E-state index in [9.17, 15) is 0 Å². The van der Waals surface area contributed by atoms with Crippen LogP contribution in [0.15, 0.2) is 24.3 Å². The highest BCUT2D eigenvalue weighted by molar-refractivity contribution is 5.57. The van der Waals surface area contributed by atoms with Crippen molar-refractivity contribution >= 4 is 5.69 Å². The molecule has 1 aromatic rings. The zero-order valence-electron chi connectivity index (χ0n) is 12.9. The van der Waals surface area contributed by atoms with Crippen LogP contribution in [0, 0.1) is 5.92 Å². The summed E-state index contributed by atoms with van der Waals surface area (Å²) in [5.74, 6) is 1.65. The largest absolute Gasteiger partial charge is 0.384 e. The fourth-order valence-electron chi connectivity index (χ4n) is 3.84. The van der Waals surface area contributed by atoms with Gasteiger partial charge in [0.1, 0.15) is 0 Å². The maximum absolute atomic E-state index is 3.54. The van der Waals surface area contributed by atoms with Crippen LogP contribution in [0.25, 0.3) is 0 Å². The molecule has 110 valence electrons. The van der Waals surface area contributed by atoms with Gasteiger partial charge in [0.25, 0.3) is 0 Å². The highest BCUT2D eigenvalue weighted by atomic mass is 15.1. The Balaban J connectivity index is 1.50. The van der Waals surface area contributed by atoms with Crippen molar-refractivity contribution in [2.75, 3.05) is 25.5 Å². The molecule has 0 bridgehead atoms. The van der Waals surface area contributed by atoms with Gasteiger partial charge in [0, 0.05) is 24.2 Å². The van der Waals surface area contributed by atoms with E-state index in [0.717, 1.165) is 18.5 Å². The minimum absolute atomic E-state index is 0.705. The van der Waals surface area contributed by atoms with E-state index in [-0.39, 0.29) is 0 Å². The van der Waals surface area contributed by atoms with Crippen molar-refractivity contribution in [1.29, 1.82) is 0 Å². The first-order valence-electron chi connectivity index (χ1n) is 8.27. The van der Waals surface area contributed by atoms with Crippen LogP contribution in [0.3, 0.4) is 0 Å². The number of para-hydroxylation sites is 1. The Morgan fingerprint density at radius 1 is 1.15 bits per heavy atom. The van der Waals surface area contributed by atoms with Gasteiger partial charge in [0.2, 0.25) is 0 Å². The molecule has 20 heavy (non-hydrogen) atoms. The van der Waals surface area contributed by atoms with Gasteiger partial charge < -0.3 is 10.2 Å². The average molecular weight is 272 g/mol. The van der Waals surface area contributed by atoms with Crippen LogP contribution in [0.4, 0.5) is 5.69 Å². The van der Waals surface area contributed by atoms with Gasteiger partial charge in [-0.05, 0) is 63.2 Å². The van der Waals surface area contributed by atoms with Gasteiger partial charge >= 0.3 is 0 Å². The molecule has 1 saturated carbocycles. The topological polar surface area (TPSA) is 15.3 Å². The van der Waals surface area contributed by atoms with E-state index in [2.05, 4.69) is 48.5 Å². The molecule has 1 fully saturated rings. The molecule has 3 rings (SSSR count). The molecule has 2 aliphatic rings. The van der Waals surface area contributed by atoms with Crippen LogP contribution in [0.1, 0.15) is 50.5 Å². The van der Waals surface area contributed by atoms with Crippen LogP contribution in [0.5, 0.6) is 0 Å². The van der Waals surface area contributed by atoms with Gasteiger partial charge in [0.05, 0.1) is 0 Å². The van der Waals surface area contributed by atoms with E-state index < -0.39 is 0 Å². The summed E-state index contributed by atoms with van der Waals surface area (Å²) in [7, 11) is 2.33. The van der Waals surface area contributed by atoms with E-state index in [1.54, 1.807) is 0 Å². The third-order valence-corrected chi connectivity index (χ3v) is 5.38. The number of hydrogen-bond donors (Lipinski definition) is 1. The third-order valence-electron chi connectivity index (χ3n) is 5.38. The molecule has 1 atom stereocenters. The van der Waals surface area contributed by atoms with Gasteiger partial charge in [-0.25, -0.2) is 0 Å². The Labute approximate surface area is 123 Å². The summed E-state index contributed by atoms with van der Waals surface area (Å²) < 4.78 is 0. The standard InChI is InChI=1S/C18H28N2/c1-14-7-9-16(10-8-14)20(2)12-11-15-13-19-18-6-4-3-5-17(15)18/h3-6,14-16,19H,7-13H2,1-2H3. The van der Waals surface area contributed by atoms with Gasteiger partial charge in [-0.2, -0.15) is 0 Å². The molecule has 0 radical (unpaired) electrons. The second-order valence-corrected chi connectivity index (χ2v) is 6.85. The van der Waals surface area contributed by atoms with Gasteiger partial charge in [-0.1, -0.05) is 25.1 Å². The van der Waals surface area contributed by atoms with Gasteiger partial charge in [-0.3, -0.25) is 0 Å². The smallest absolute Gasteiger partial charge is 0.0376 e. The summed E-state index contributed by atoms with van der Waals surface area (Å²) in [5, 5.41) is 3.54. The third kappa shape index (κ3) is 3.01. The Kier molecular flexibility index (Phi) is 4.30. The normalized spacial score (nSPS) is 29.2. The molecular weight excluding hydrogens is 244 g/mol. The molecule has 1 N–H and O–H groups in total. The number of anilines is 1. The zero-order valence-corrected chi connectivity index (χ0v) is 12.9. The highest BCUT2D eigenvalue weighted by Gasteiger charge is 2.25. The quantitative estimate of drug-likeness (QED) is 0.888. The fraction of sp³-hybridized carbons (Fsp3) is 0.667. The summed E-state index contributed by atoms with van der Waals surface area (Å²) in [5.41, 5.74) is 2.88. The lowest BCUT2D eigenvalue weighted by Gasteiger charge is -2.34. The highest BCUT2D eigenvalue weighted by Crippen LogP contribution is 2.34. The lowest BCUT2D eigenvalue weighted by Crippen LogP contribution is -2.36. The maximum Gasteiger partial charge on any atom is 0.0376 e. The molecule has 0 spiro atoms. The van der Waals surface area contributed by atoms with E-state index in [4.69, 9.17) is 0 Å². The second-order valence-electron chi connectivity index (χ2n) is 6.85. The predicted octanol–water partition coefficient (Wildman–Crippen LogP) is 4.10. The second kappa shape index (κ2) is 6.17.